The Morgan fingerprint density at radius 3 is 2.28 bits per heavy atom. The summed E-state index contributed by atoms with van der Waals surface area (Å²) in [7, 11) is 0.795. The van der Waals surface area contributed by atoms with Crippen LogP contribution in [0.15, 0.2) is 50.9 Å². The molecule has 0 radical (unpaired) electrons. The third-order valence-electron chi connectivity index (χ3n) is 5.32. The van der Waals surface area contributed by atoms with Crippen LogP contribution >= 0.6 is 0 Å². The Bertz CT molecular complexity index is 1410. The number of hydrogen-bond donors (Lipinski definition) is 1. The van der Waals surface area contributed by atoms with E-state index >= 15 is 0 Å². The van der Waals surface area contributed by atoms with Crippen molar-refractivity contribution in [2.24, 2.45) is 14.1 Å². The highest BCUT2D eigenvalue weighted by molar-refractivity contribution is 7.89. The van der Waals surface area contributed by atoms with Crippen LogP contribution in [0.25, 0.3) is 11.0 Å². The first-order chi connectivity index (χ1) is 14.9. The van der Waals surface area contributed by atoms with Gasteiger partial charge in [0, 0.05) is 33.7 Å². The molecular formula is C21H25N5O5S. The molecule has 2 heterocycles. The molecule has 10 nitrogen and oxygen atoms in total. The van der Waals surface area contributed by atoms with E-state index in [0.29, 0.717) is 5.56 Å². The fraction of sp³-hybridized carbons (Fsp3) is 0.333. The number of pyridine rings is 1. The van der Waals surface area contributed by atoms with Gasteiger partial charge in [0.25, 0.3) is 11.5 Å². The summed E-state index contributed by atoms with van der Waals surface area (Å²) in [6.45, 7) is 3.73. The zero-order chi connectivity index (χ0) is 23.8. The number of hydrogen-bond acceptors (Lipinski definition) is 6. The van der Waals surface area contributed by atoms with E-state index in [1.807, 2.05) is 0 Å². The number of rotatable bonds is 6. The second-order valence-corrected chi connectivity index (χ2v) is 9.71. The van der Waals surface area contributed by atoms with Crippen LogP contribution in [0.5, 0.6) is 0 Å². The summed E-state index contributed by atoms with van der Waals surface area (Å²) in [6.07, 6.45) is 0. The summed E-state index contributed by atoms with van der Waals surface area (Å²) >= 11 is 0. The highest BCUT2D eigenvalue weighted by Crippen LogP contribution is 2.17. The summed E-state index contributed by atoms with van der Waals surface area (Å²) in [6, 6.07) is 8.95. The van der Waals surface area contributed by atoms with E-state index in [0.717, 1.165) is 4.57 Å². The lowest BCUT2D eigenvalue weighted by molar-refractivity contribution is 0.0946. The fourth-order valence-electron chi connectivity index (χ4n) is 3.08. The topological polar surface area (TPSA) is 123 Å². The number of aromatic nitrogens is 3. The Morgan fingerprint density at radius 2 is 1.69 bits per heavy atom. The van der Waals surface area contributed by atoms with Crippen LogP contribution in [0.4, 0.5) is 0 Å². The molecule has 1 aromatic carbocycles. The monoisotopic (exact) mass is 459 g/mol. The minimum atomic E-state index is -3.58. The Kier molecular flexibility index (Phi) is 6.33. The van der Waals surface area contributed by atoms with Crippen molar-refractivity contribution in [2.75, 3.05) is 7.05 Å². The summed E-state index contributed by atoms with van der Waals surface area (Å²) in [4.78, 5) is 41.3. The van der Waals surface area contributed by atoms with Crippen molar-refractivity contribution in [1.29, 1.82) is 0 Å². The standard InChI is InChI=1S/C21H25N5O5S/c1-13(2)26(5)32(30,31)15-8-6-14(7-9-15)12-22-19(27)17-11-10-16-18(23-17)24(3)21(29)25(4)20(16)28/h6-11,13H,12H2,1-5H3,(H,22,27). The van der Waals surface area contributed by atoms with E-state index < -0.39 is 27.2 Å². The van der Waals surface area contributed by atoms with Crippen molar-refractivity contribution in [3.05, 3.63) is 68.5 Å². The summed E-state index contributed by atoms with van der Waals surface area (Å²) in [5, 5.41) is 2.94. The van der Waals surface area contributed by atoms with Crippen LogP contribution in [0.3, 0.4) is 0 Å². The second-order valence-electron chi connectivity index (χ2n) is 7.72. The largest absolute Gasteiger partial charge is 0.347 e. The van der Waals surface area contributed by atoms with Crippen molar-refractivity contribution in [3.63, 3.8) is 0 Å². The minimum absolute atomic E-state index is 0.0542. The normalized spacial score (nSPS) is 12.0. The SMILES string of the molecule is CC(C)N(C)S(=O)(=O)c1ccc(CNC(=O)c2ccc3c(=O)n(C)c(=O)n(C)c3n2)cc1. The van der Waals surface area contributed by atoms with Crippen LogP contribution in [0.1, 0.15) is 29.9 Å². The predicted molar refractivity (Wildman–Crippen MR) is 120 cm³/mol. The van der Waals surface area contributed by atoms with Crippen molar-refractivity contribution in [3.8, 4) is 0 Å². The number of carbonyl (C=O) groups is 1. The molecule has 0 atom stereocenters. The van der Waals surface area contributed by atoms with Crippen molar-refractivity contribution in [2.45, 2.75) is 31.3 Å². The lowest BCUT2D eigenvalue weighted by Gasteiger charge is -2.21. The van der Waals surface area contributed by atoms with Gasteiger partial charge in [0.05, 0.1) is 10.3 Å². The van der Waals surface area contributed by atoms with E-state index in [2.05, 4.69) is 10.3 Å². The Labute approximate surface area is 185 Å². The van der Waals surface area contributed by atoms with E-state index in [4.69, 9.17) is 0 Å². The summed E-state index contributed by atoms with van der Waals surface area (Å²) in [5.74, 6) is -0.490. The molecule has 170 valence electrons. The van der Waals surface area contributed by atoms with Crippen LogP contribution in [-0.4, -0.2) is 45.8 Å². The molecule has 0 fully saturated rings. The summed E-state index contributed by atoms with van der Waals surface area (Å²) < 4.78 is 28.6. The van der Waals surface area contributed by atoms with Crippen LogP contribution < -0.4 is 16.6 Å². The quantitative estimate of drug-likeness (QED) is 0.576. The van der Waals surface area contributed by atoms with Crippen molar-refractivity contribution in [1.82, 2.24) is 23.7 Å². The highest BCUT2D eigenvalue weighted by Gasteiger charge is 2.22. The maximum Gasteiger partial charge on any atom is 0.332 e. The van der Waals surface area contributed by atoms with Gasteiger partial charge in [-0.25, -0.2) is 18.2 Å². The molecule has 3 aromatic rings. The average Bonchev–Trinajstić information content (AvgIpc) is 2.78. The van der Waals surface area contributed by atoms with E-state index in [9.17, 15) is 22.8 Å². The minimum Gasteiger partial charge on any atom is -0.347 e. The van der Waals surface area contributed by atoms with E-state index in [1.54, 1.807) is 26.0 Å². The molecule has 0 unspecified atom stereocenters. The first-order valence-corrected chi connectivity index (χ1v) is 11.3. The number of amides is 1. The van der Waals surface area contributed by atoms with Crippen molar-refractivity contribution >= 4 is 27.0 Å². The molecule has 0 aliphatic rings. The molecule has 0 aliphatic heterocycles. The zero-order valence-corrected chi connectivity index (χ0v) is 19.3. The molecule has 0 spiro atoms. The van der Waals surface area contributed by atoms with Gasteiger partial charge in [-0.3, -0.25) is 18.7 Å². The summed E-state index contributed by atoms with van der Waals surface area (Å²) in [5.41, 5.74) is -0.147. The third kappa shape index (κ3) is 4.21. The molecule has 2 aromatic heterocycles. The first kappa shape index (κ1) is 23.4. The van der Waals surface area contributed by atoms with Crippen LogP contribution in [0, 0.1) is 0 Å². The maximum absolute atomic E-state index is 12.6. The van der Waals surface area contributed by atoms with Crippen LogP contribution in [-0.2, 0) is 30.7 Å². The molecule has 1 N–H and O–H groups in total. The van der Waals surface area contributed by atoms with Gasteiger partial charge in [-0.1, -0.05) is 12.1 Å². The number of sulfonamides is 1. The number of carbonyl (C=O) groups excluding carboxylic acids is 1. The van der Waals surface area contributed by atoms with Gasteiger partial charge >= 0.3 is 5.69 Å². The molecule has 0 saturated carbocycles. The predicted octanol–water partition coefficient (Wildman–Crippen LogP) is 0.591. The average molecular weight is 460 g/mol. The first-order valence-electron chi connectivity index (χ1n) is 9.87. The second kappa shape index (κ2) is 8.67. The Morgan fingerprint density at radius 1 is 1.06 bits per heavy atom. The molecule has 0 saturated heterocycles. The van der Waals surface area contributed by atoms with Gasteiger partial charge in [0.2, 0.25) is 10.0 Å². The van der Waals surface area contributed by atoms with Gasteiger partial charge in [-0.15, -0.1) is 0 Å². The molecule has 1 amide bonds. The van der Waals surface area contributed by atoms with Gasteiger partial charge < -0.3 is 5.32 Å². The molecule has 0 bridgehead atoms. The molecule has 32 heavy (non-hydrogen) atoms. The van der Waals surface area contributed by atoms with Gasteiger partial charge in [-0.2, -0.15) is 4.31 Å². The Balaban J connectivity index is 1.78. The highest BCUT2D eigenvalue weighted by atomic mass is 32.2. The van der Waals surface area contributed by atoms with E-state index in [-0.39, 0.29) is 34.2 Å². The zero-order valence-electron chi connectivity index (χ0n) is 18.5. The van der Waals surface area contributed by atoms with Gasteiger partial charge in [-0.05, 0) is 43.7 Å². The lowest BCUT2D eigenvalue weighted by Crippen LogP contribution is -2.37. The number of aryl methyl sites for hydroxylation is 1. The number of benzene rings is 1. The maximum atomic E-state index is 12.6. The van der Waals surface area contributed by atoms with E-state index in [1.165, 1.54) is 54.3 Å². The molecule has 0 aliphatic carbocycles. The molecular weight excluding hydrogens is 434 g/mol. The Hall–Kier alpha value is -3.31. The van der Waals surface area contributed by atoms with Gasteiger partial charge in [0.15, 0.2) is 0 Å². The lowest BCUT2D eigenvalue weighted by atomic mass is 10.2. The van der Waals surface area contributed by atoms with Gasteiger partial charge in [0.1, 0.15) is 11.3 Å². The fourth-order valence-corrected chi connectivity index (χ4v) is 4.44. The molecule has 3 rings (SSSR count). The smallest absolute Gasteiger partial charge is 0.332 e. The number of nitrogens with zero attached hydrogens (tertiary/aromatic N) is 4. The molecule has 11 heteroatoms. The van der Waals surface area contributed by atoms with Crippen molar-refractivity contribution < 1.29 is 13.2 Å². The number of fused-ring (bicyclic) bond motifs is 1. The number of nitrogens with one attached hydrogen (secondary N) is 1. The van der Waals surface area contributed by atoms with Crippen LogP contribution in [0.2, 0.25) is 0 Å². The third-order valence-corrected chi connectivity index (χ3v) is 7.36.